The number of hydrogen-bond acceptors (Lipinski definition) is 4. The van der Waals surface area contributed by atoms with Crippen molar-refractivity contribution in [3.8, 4) is 11.3 Å². The number of rotatable bonds is 3. The number of nitrogens with one attached hydrogen (secondary N) is 2. The highest BCUT2D eigenvalue weighted by Crippen LogP contribution is 2.31. The number of aryl methyl sites for hydroxylation is 1. The number of hydrogen-bond donors (Lipinski definition) is 2. The lowest BCUT2D eigenvalue weighted by atomic mass is 10.1. The van der Waals surface area contributed by atoms with Crippen LogP contribution in [0, 0.1) is 12.7 Å². The third-order valence-electron chi connectivity index (χ3n) is 4.37. The molecule has 3 heterocycles. The smallest absolute Gasteiger partial charge is 0.272 e. The van der Waals surface area contributed by atoms with Gasteiger partial charge in [0, 0.05) is 12.1 Å². The highest BCUT2D eigenvalue weighted by Gasteiger charge is 2.33. The summed E-state index contributed by atoms with van der Waals surface area (Å²) in [6.45, 7) is 2.49. The van der Waals surface area contributed by atoms with Crippen molar-refractivity contribution in [2.24, 2.45) is 0 Å². The zero-order valence-electron chi connectivity index (χ0n) is 13.7. The molecule has 4 rings (SSSR count). The van der Waals surface area contributed by atoms with Crippen molar-refractivity contribution in [3.63, 3.8) is 0 Å². The third-order valence-corrected chi connectivity index (χ3v) is 4.37. The summed E-state index contributed by atoms with van der Waals surface area (Å²) in [7, 11) is 0. The quantitative estimate of drug-likeness (QED) is 0.767. The molecule has 0 radical (unpaired) electrons. The van der Waals surface area contributed by atoms with Crippen LogP contribution in [0.4, 0.5) is 4.39 Å². The molecule has 0 bridgehead atoms. The van der Waals surface area contributed by atoms with Gasteiger partial charge in [0.1, 0.15) is 17.3 Å². The van der Waals surface area contributed by atoms with E-state index in [2.05, 4.69) is 25.4 Å². The van der Waals surface area contributed by atoms with Crippen LogP contribution < -0.4 is 0 Å². The zero-order chi connectivity index (χ0) is 17.4. The number of aromatic nitrogens is 5. The van der Waals surface area contributed by atoms with E-state index in [1.165, 1.54) is 12.1 Å². The van der Waals surface area contributed by atoms with Crippen LogP contribution in [0.2, 0.25) is 0 Å². The van der Waals surface area contributed by atoms with Crippen LogP contribution in [0.1, 0.15) is 41.0 Å². The first-order valence-corrected chi connectivity index (χ1v) is 8.13. The van der Waals surface area contributed by atoms with E-state index in [-0.39, 0.29) is 17.8 Å². The molecular formula is C17H17FN6O. The van der Waals surface area contributed by atoms with Crippen LogP contribution in [0.25, 0.3) is 11.3 Å². The summed E-state index contributed by atoms with van der Waals surface area (Å²) in [5.41, 5.74) is 1.76. The number of H-pyrrole nitrogens is 2. The molecule has 0 aliphatic carbocycles. The van der Waals surface area contributed by atoms with Gasteiger partial charge in [-0.3, -0.25) is 15.0 Å². The van der Waals surface area contributed by atoms with Gasteiger partial charge in [-0.05, 0) is 50.1 Å². The van der Waals surface area contributed by atoms with Crippen LogP contribution in [-0.4, -0.2) is 42.7 Å². The van der Waals surface area contributed by atoms with Crippen LogP contribution >= 0.6 is 0 Å². The van der Waals surface area contributed by atoms with Gasteiger partial charge in [-0.15, -0.1) is 0 Å². The Morgan fingerprint density at radius 3 is 2.76 bits per heavy atom. The molecule has 0 saturated carbocycles. The third kappa shape index (κ3) is 2.90. The van der Waals surface area contributed by atoms with Gasteiger partial charge in [-0.1, -0.05) is 0 Å². The summed E-state index contributed by atoms with van der Waals surface area (Å²) < 4.78 is 13.0. The predicted molar refractivity (Wildman–Crippen MR) is 88.1 cm³/mol. The summed E-state index contributed by atoms with van der Waals surface area (Å²) in [6.07, 6.45) is 1.74. The zero-order valence-corrected chi connectivity index (χ0v) is 13.7. The number of likely N-dealkylation sites (tertiary alicyclic amines) is 1. The Balaban J connectivity index is 1.57. The van der Waals surface area contributed by atoms with E-state index in [9.17, 15) is 9.18 Å². The van der Waals surface area contributed by atoms with E-state index in [1.807, 2.05) is 6.92 Å². The number of halogens is 1. The first-order chi connectivity index (χ1) is 12.1. The van der Waals surface area contributed by atoms with Crippen molar-refractivity contribution in [2.75, 3.05) is 6.54 Å². The van der Waals surface area contributed by atoms with Gasteiger partial charge in [0.05, 0.1) is 11.7 Å². The molecule has 1 atom stereocenters. The normalized spacial score (nSPS) is 17.2. The van der Waals surface area contributed by atoms with Gasteiger partial charge in [0.15, 0.2) is 5.82 Å². The fourth-order valence-corrected chi connectivity index (χ4v) is 3.14. The van der Waals surface area contributed by atoms with Crippen molar-refractivity contribution in [1.82, 2.24) is 30.3 Å². The molecule has 0 unspecified atom stereocenters. The van der Waals surface area contributed by atoms with Crippen molar-refractivity contribution < 1.29 is 9.18 Å². The van der Waals surface area contributed by atoms with E-state index in [1.54, 1.807) is 23.1 Å². The second-order valence-corrected chi connectivity index (χ2v) is 6.11. The summed E-state index contributed by atoms with van der Waals surface area (Å²) in [5.74, 6) is 0.930. The fraction of sp³-hybridized carbons (Fsp3) is 0.294. The molecule has 2 N–H and O–H groups in total. The Labute approximate surface area is 143 Å². The minimum atomic E-state index is -0.308. The molecule has 1 fully saturated rings. The highest BCUT2D eigenvalue weighted by molar-refractivity contribution is 5.93. The van der Waals surface area contributed by atoms with Crippen molar-refractivity contribution in [3.05, 3.63) is 53.5 Å². The number of aromatic amines is 2. The standard InChI is InChI=1S/C17H17FN6O/c1-10-19-16(23-20-10)15-3-2-8-24(15)17(25)14-9-13(21-22-14)11-4-6-12(18)7-5-11/h4-7,9,15H,2-3,8H2,1H3,(H,21,22)(H,19,20,23)/t15-/m1/s1. The average molecular weight is 340 g/mol. The molecule has 3 aromatic rings. The number of benzene rings is 1. The maximum absolute atomic E-state index is 13.0. The van der Waals surface area contributed by atoms with Gasteiger partial charge >= 0.3 is 0 Å². The maximum Gasteiger partial charge on any atom is 0.272 e. The summed E-state index contributed by atoms with van der Waals surface area (Å²) in [6, 6.07) is 7.56. The number of carbonyl (C=O) groups excluding carboxylic acids is 1. The highest BCUT2D eigenvalue weighted by atomic mass is 19.1. The first-order valence-electron chi connectivity index (χ1n) is 8.13. The summed E-state index contributed by atoms with van der Waals surface area (Å²) in [5, 5.41) is 14.0. The molecule has 25 heavy (non-hydrogen) atoms. The Morgan fingerprint density at radius 1 is 1.24 bits per heavy atom. The maximum atomic E-state index is 13.0. The van der Waals surface area contributed by atoms with Crippen molar-refractivity contribution >= 4 is 5.91 Å². The Hall–Kier alpha value is -3.03. The monoisotopic (exact) mass is 340 g/mol. The van der Waals surface area contributed by atoms with E-state index in [4.69, 9.17) is 0 Å². The molecule has 1 saturated heterocycles. The van der Waals surface area contributed by atoms with Gasteiger partial charge in [-0.25, -0.2) is 9.37 Å². The van der Waals surface area contributed by atoms with Crippen LogP contribution in [-0.2, 0) is 0 Å². The minimum Gasteiger partial charge on any atom is -0.327 e. The Bertz CT molecular complexity index is 900. The Kier molecular flexibility index (Phi) is 3.79. The summed E-state index contributed by atoms with van der Waals surface area (Å²) in [4.78, 5) is 19.0. The minimum absolute atomic E-state index is 0.130. The first kappa shape index (κ1) is 15.5. The number of nitrogens with zero attached hydrogens (tertiary/aromatic N) is 4. The molecular weight excluding hydrogens is 323 g/mol. The van der Waals surface area contributed by atoms with Crippen molar-refractivity contribution in [2.45, 2.75) is 25.8 Å². The molecule has 0 spiro atoms. The van der Waals surface area contributed by atoms with Crippen LogP contribution in [0.5, 0.6) is 0 Å². The molecule has 1 aromatic carbocycles. The lowest BCUT2D eigenvalue weighted by molar-refractivity contribution is 0.0724. The van der Waals surface area contributed by atoms with Crippen LogP contribution in [0.15, 0.2) is 30.3 Å². The lowest BCUT2D eigenvalue weighted by Gasteiger charge is -2.21. The number of amides is 1. The van der Waals surface area contributed by atoms with Crippen LogP contribution in [0.3, 0.4) is 0 Å². The molecule has 8 heteroatoms. The summed E-state index contributed by atoms with van der Waals surface area (Å²) >= 11 is 0. The Morgan fingerprint density at radius 2 is 2.04 bits per heavy atom. The largest absolute Gasteiger partial charge is 0.327 e. The SMILES string of the molecule is Cc1nc([C@H]2CCCN2C(=O)c2cc(-c3ccc(F)cc3)n[nH]2)n[nH]1. The predicted octanol–water partition coefficient (Wildman–Crippen LogP) is 2.62. The van der Waals surface area contributed by atoms with E-state index >= 15 is 0 Å². The average Bonchev–Trinajstić information content (AvgIpc) is 3.35. The molecule has 128 valence electrons. The van der Waals surface area contributed by atoms with E-state index < -0.39 is 0 Å². The lowest BCUT2D eigenvalue weighted by Crippen LogP contribution is -2.31. The van der Waals surface area contributed by atoms with Gasteiger partial charge in [0.2, 0.25) is 0 Å². The molecule has 1 aliphatic heterocycles. The molecule has 7 nitrogen and oxygen atoms in total. The molecule has 1 amide bonds. The second-order valence-electron chi connectivity index (χ2n) is 6.11. The van der Waals surface area contributed by atoms with E-state index in [0.29, 0.717) is 23.8 Å². The van der Waals surface area contributed by atoms with Gasteiger partial charge in [0.25, 0.3) is 5.91 Å². The molecule has 1 aliphatic rings. The van der Waals surface area contributed by atoms with E-state index in [0.717, 1.165) is 24.2 Å². The van der Waals surface area contributed by atoms with Crippen molar-refractivity contribution in [1.29, 1.82) is 0 Å². The molecule has 2 aromatic heterocycles. The fourth-order valence-electron chi connectivity index (χ4n) is 3.14. The second kappa shape index (κ2) is 6.12. The number of carbonyl (C=O) groups is 1. The van der Waals surface area contributed by atoms with Gasteiger partial charge < -0.3 is 4.90 Å². The topological polar surface area (TPSA) is 90.6 Å². The van der Waals surface area contributed by atoms with Gasteiger partial charge in [-0.2, -0.15) is 10.2 Å².